The molecule has 0 bridgehead atoms. The minimum Gasteiger partial charge on any atom is -0.487 e. The summed E-state index contributed by atoms with van der Waals surface area (Å²) in [4.78, 5) is 8.70. The second kappa shape index (κ2) is 9.41. The van der Waals surface area contributed by atoms with Crippen LogP contribution in [-0.2, 0) is 6.61 Å². The van der Waals surface area contributed by atoms with Gasteiger partial charge in [-0.15, -0.1) is 0 Å². The lowest BCUT2D eigenvalue weighted by Gasteiger charge is -2.27. The van der Waals surface area contributed by atoms with E-state index in [1.807, 2.05) is 18.2 Å². The fourth-order valence-electron chi connectivity index (χ4n) is 3.65. The summed E-state index contributed by atoms with van der Waals surface area (Å²) in [5.74, 6) is 1.08. The van der Waals surface area contributed by atoms with Crippen molar-refractivity contribution in [2.45, 2.75) is 44.4 Å². The third-order valence-corrected chi connectivity index (χ3v) is 5.60. The number of anilines is 1. The lowest BCUT2D eigenvalue weighted by Crippen LogP contribution is -2.33. The Kier molecular flexibility index (Phi) is 6.45. The molecule has 1 fully saturated rings. The Labute approximate surface area is 180 Å². The number of rotatable bonds is 6. The van der Waals surface area contributed by atoms with Crippen LogP contribution in [0.5, 0.6) is 5.75 Å². The van der Waals surface area contributed by atoms with Gasteiger partial charge in [0, 0.05) is 35.6 Å². The molecular formula is C23H24ClFN4O. The fraction of sp³-hybridized carbons (Fsp3) is 0.304. The zero-order valence-corrected chi connectivity index (χ0v) is 17.3. The van der Waals surface area contributed by atoms with E-state index in [0.717, 1.165) is 48.2 Å². The molecule has 1 aromatic carbocycles. The van der Waals surface area contributed by atoms with Crippen LogP contribution in [0.2, 0.25) is 5.02 Å². The lowest BCUT2D eigenvalue weighted by atomic mass is 9.92. The van der Waals surface area contributed by atoms with E-state index in [9.17, 15) is 4.39 Å². The smallest absolute Gasteiger partial charge is 0.138 e. The van der Waals surface area contributed by atoms with E-state index in [2.05, 4.69) is 15.3 Å². The molecule has 0 unspecified atom stereocenters. The van der Waals surface area contributed by atoms with Crippen LogP contribution in [0.25, 0.3) is 11.1 Å². The number of hydrogen-bond acceptors (Lipinski definition) is 5. The molecule has 0 amide bonds. The minimum atomic E-state index is -0.286. The van der Waals surface area contributed by atoms with E-state index in [1.165, 1.54) is 12.1 Å². The maximum atomic E-state index is 13.3. The standard InChI is InChI=1S/C23H24ClFN4O/c24-22-13-28-23(29-19-6-4-18(26)5-7-19)10-21(22)16-9-20(12-27-11-16)30-14-15-2-1-3-17(25)8-15/h1-3,8-13,18-19H,4-7,14,26H2,(H,28,29)/t18-,19-. The zero-order valence-electron chi connectivity index (χ0n) is 16.5. The first kappa shape index (κ1) is 20.6. The van der Waals surface area contributed by atoms with Gasteiger partial charge in [0.05, 0.1) is 11.2 Å². The molecule has 0 spiro atoms. The number of nitrogens with zero attached hydrogens (tertiary/aromatic N) is 2. The molecule has 0 saturated heterocycles. The van der Waals surface area contributed by atoms with Gasteiger partial charge in [-0.1, -0.05) is 23.7 Å². The van der Waals surface area contributed by atoms with E-state index in [-0.39, 0.29) is 12.4 Å². The first-order chi connectivity index (χ1) is 14.6. The summed E-state index contributed by atoms with van der Waals surface area (Å²) in [7, 11) is 0. The molecule has 1 aliphatic carbocycles. The Morgan fingerprint density at radius 2 is 1.93 bits per heavy atom. The number of benzene rings is 1. The van der Waals surface area contributed by atoms with Crippen LogP contribution in [0.4, 0.5) is 10.2 Å². The Hall–Kier alpha value is -2.70. The average Bonchev–Trinajstić information content (AvgIpc) is 2.75. The van der Waals surface area contributed by atoms with Crippen molar-refractivity contribution in [2.24, 2.45) is 5.73 Å². The van der Waals surface area contributed by atoms with Crippen molar-refractivity contribution in [3.8, 4) is 16.9 Å². The zero-order chi connectivity index (χ0) is 20.9. The van der Waals surface area contributed by atoms with Gasteiger partial charge in [0.15, 0.2) is 0 Å². The topological polar surface area (TPSA) is 73.1 Å². The summed E-state index contributed by atoms with van der Waals surface area (Å²) in [6.45, 7) is 0.254. The van der Waals surface area contributed by atoms with Crippen LogP contribution in [0.15, 0.2) is 55.0 Å². The monoisotopic (exact) mass is 426 g/mol. The molecule has 2 aromatic heterocycles. The van der Waals surface area contributed by atoms with Crippen molar-refractivity contribution < 1.29 is 9.13 Å². The van der Waals surface area contributed by atoms with Crippen LogP contribution in [-0.4, -0.2) is 22.1 Å². The first-order valence-electron chi connectivity index (χ1n) is 10.1. The molecule has 7 heteroatoms. The van der Waals surface area contributed by atoms with Gasteiger partial charge < -0.3 is 15.8 Å². The Bertz CT molecular complexity index is 1010. The molecule has 0 atom stereocenters. The molecule has 3 N–H and O–H groups in total. The second-order valence-electron chi connectivity index (χ2n) is 7.63. The maximum Gasteiger partial charge on any atom is 0.138 e. The van der Waals surface area contributed by atoms with E-state index in [1.54, 1.807) is 24.7 Å². The third kappa shape index (κ3) is 5.26. The molecule has 5 nitrogen and oxygen atoms in total. The summed E-state index contributed by atoms with van der Waals surface area (Å²) >= 11 is 6.42. The van der Waals surface area contributed by atoms with Gasteiger partial charge in [-0.25, -0.2) is 9.37 Å². The average molecular weight is 427 g/mol. The molecule has 30 heavy (non-hydrogen) atoms. The Morgan fingerprint density at radius 1 is 1.10 bits per heavy atom. The summed E-state index contributed by atoms with van der Waals surface area (Å²) in [6, 6.07) is 10.8. The molecule has 1 aliphatic rings. The number of nitrogens with two attached hydrogens (primary N) is 1. The van der Waals surface area contributed by atoms with Crippen molar-refractivity contribution >= 4 is 17.4 Å². The van der Waals surface area contributed by atoms with Gasteiger partial charge in [0.25, 0.3) is 0 Å². The van der Waals surface area contributed by atoms with Crippen molar-refractivity contribution in [1.29, 1.82) is 0 Å². The van der Waals surface area contributed by atoms with Crippen molar-refractivity contribution in [2.75, 3.05) is 5.32 Å². The Balaban J connectivity index is 1.48. The number of nitrogens with one attached hydrogen (secondary N) is 1. The number of hydrogen-bond donors (Lipinski definition) is 2. The second-order valence-corrected chi connectivity index (χ2v) is 8.04. The van der Waals surface area contributed by atoms with Crippen LogP contribution >= 0.6 is 11.6 Å². The summed E-state index contributed by atoms with van der Waals surface area (Å²) in [5.41, 5.74) is 8.40. The maximum absolute atomic E-state index is 13.3. The summed E-state index contributed by atoms with van der Waals surface area (Å²) < 4.78 is 19.1. The molecular weight excluding hydrogens is 403 g/mol. The van der Waals surface area contributed by atoms with E-state index in [4.69, 9.17) is 22.1 Å². The van der Waals surface area contributed by atoms with Crippen molar-refractivity contribution in [3.05, 3.63) is 71.4 Å². The summed E-state index contributed by atoms with van der Waals surface area (Å²) in [6.07, 6.45) is 9.12. The van der Waals surface area contributed by atoms with Gasteiger partial charge in [0.2, 0.25) is 0 Å². The number of aromatic nitrogens is 2. The first-order valence-corrected chi connectivity index (χ1v) is 10.4. The molecule has 156 valence electrons. The normalized spacial score (nSPS) is 18.8. The minimum absolute atomic E-state index is 0.254. The van der Waals surface area contributed by atoms with Gasteiger partial charge in [-0.3, -0.25) is 4.98 Å². The summed E-state index contributed by atoms with van der Waals surface area (Å²) in [5, 5.41) is 4.03. The number of pyridine rings is 2. The van der Waals surface area contributed by atoms with E-state index in [0.29, 0.717) is 22.9 Å². The van der Waals surface area contributed by atoms with E-state index < -0.39 is 0 Å². The Morgan fingerprint density at radius 3 is 2.73 bits per heavy atom. The largest absolute Gasteiger partial charge is 0.487 e. The quantitative estimate of drug-likeness (QED) is 0.567. The molecule has 4 rings (SSSR count). The van der Waals surface area contributed by atoms with Gasteiger partial charge >= 0.3 is 0 Å². The highest BCUT2D eigenvalue weighted by molar-refractivity contribution is 6.33. The van der Waals surface area contributed by atoms with Crippen molar-refractivity contribution in [3.63, 3.8) is 0 Å². The van der Waals surface area contributed by atoms with E-state index >= 15 is 0 Å². The van der Waals surface area contributed by atoms with Crippen LogP contribution in [0.1, 0.15) is 31.2 Å². The number of ether oxygens (including phenoxy) is 1. The van der Waals surface area contributed by atoms with Crippen LogP contribution < -0.4 is 15.8 Å². The highest BCUT2D eigenvalue weighted by Gasteiger charge is 2.19. The van der Waals surface area contributed by atoms with Crippen molar-refractivity contribution in [1.82, 2.24) is 9.97 Å². The SMILES string of the molecule is N[C@H]1CC[C@H](Nc2cc(-c3cncc(OCc4cccc(F)c4)c3)c(Cl)cn2)CC1. The predicted octanol–water partition coefficient (Wildman–Crippen LogP) is 5.20. The molecule has 1 saturated carbocycles. The molecule has 2 heterocycles. The molecule has 0 aliphatic heterocycles. The molecule has 0 radical (unpaired) electrons. The molecule has 3 aromatic rings. The predicted molar refractivity (Wildman–Crippen MR) is 117 cm³/mol. The van der Waals surface area contributed by atoms with Gasteiger partial charge in [-0.05, 0) is 55.5 Å². The lowest BCUT2D eigenvalue weighted by molar-refractivity contribution is 0.304. The highest BCUT2D eigenvalue weighted by Crippen LogP contribution is 2.32. The number of halogens is 2. The van der Waals surface area contributed by atoms with Crippen LogP contribution in [0, 0.1) is 5.82 Å². The third-order valence-electron chi connectivity index (χ3n) is 5.30. The fourth-order valence-corrected chi connectivity index (χ4v) is 3.86. The highest BCUT2D eigenvalue weighted by atomic mass is 35.5. The van der Waals surface area contributed by atoms with Gasteiger partial charge in [0.1, 0.15) is 24.0 Å². The van der Waals surface area contributed by atoms with Gasteiger partial charge in [-0.2, -0.15) is 0 Å². The van der Waals surface area contributed by atoms with Crippen LogP contribution in [0.3, 0.4) is 0 Å².